The van der Waals surface area contributed by atoms with Crippen LogP contribution in [0.4, 0.5) is 0 Å². The standard InChI is InChI=1S/C16H18Cl2N2O/c1-10(2)19-9-14-13(18)6-7-16(20-14)21-15-8-12(17)5-4-11(15)3/h4-8,10,19H,9H2,1-3H3. The molecule has 5 heteroatoms. The quantitative estimate of drug-likeness (QED) is 0.841. The van der Waals surface area contributed by atoms with Crippen molar-refractivity contribution in [2.45, 2.75) is 33.4 Å². The summed E-state index contributed by atoms with van der Waals surface area (Å²) in [6.07, 6.45) is 0. The van der Waals surface area contributed by atoms with Crippen molar-refractivity contribution in [3.05, 3.63) is 51.6 Å². The van der Waals surface area contributed by atoms with Crippen molar-refractivity contribution >= 4 is 23.2 Å². The fraction of sp³-hybridized carbons (Fsp3) is 0.312. The Hall–Kier alpha value is -1.29. The van der Waals surface area contributed by atoms with Crippen LogP contribution in [0, 0.1) is 6.92 Å². The average molecular weight is 325 g/mol. The SMILES string of the molecule is Cc1ccc(Cl)cc1Oc1ccc(Cl)c(CNC(C)C)n1. The largest absolute Gasteiger partial charge is 0.439 e. The van der Waals surface area contributed by atoms with E-state index >= 15 is 0 Å². The third kappa shape index (κ3) is 4.60. The Bertz CT molecular complexity index is 630. The third-order valence-corrected chi connectivity index (χ3v) is 3.51. The van der Waals surface area contributed by atoms with Gasteiger partial charge in [0.2, 0.25) is 5.88 Å². The van der Waals surface area contributed by atoms with Crippen LogP contribution in [0.5, 0.6) is 11.6 Å². The second-order valence-electron chi connectivity index (χ2n) is 5.13. The molecule has 21 heavy (non-hydrogen) atoms. The van der Waals surface area contributed by atoms with Crippen LogP contribution in [0.25, 0.3) is 0 Å². The van der Waals surface area contributed by atoms with Crippen molar-refractivity contribution in [1.82, 2.24) is 10.3 Å². The van der Waals surface area contributed by atoms with Crippen molar-refractivity contribution < 1.29 is 4.74 Å². The van der Waals surface area contributed by atoms with Gasteiger partial charge in [-0.3, -0.25) is 0 Å². The molecule has 0 bridgehead atoms. The molecule has 0 aliphatic heterocycles. The number of aryl methyl sites for hydroxylation is 1. The zero-order valence-corrected chi connectivity index (χ0v) is 13.8. The summed E-state index contributed by atoms with van der Waals surface area (Å²) < 4.78 is 5.81. The number of ether oxygens (including phenoxy) is 1. The number of hydrogen-bond donors (Lipinski definition) is 1. The average Bonchev–Trinajstić information content (AvgIpc) is 2.43. The zero-order chi connectivity index (χ0) is 15.4. The molecule has 0 saturated heterocycles. The second-order valence-corrected chi connectivity index (χ2v) is 5.97. The molecule has 0 unspecified atom stereocenters. The predicted octanol–water partition coefficient (Wildman–Crippen LogP) is 4.99. The molecule has 0 atom stereocenters. The van der Waals surface area contributed by atoms with Crippen LogP contribution in [0.3, 0.4) is 0 Å². The van der Waals surface area contributed by atoms with Crippen molar-refractivity contribution in [2.24, 2.45) is 0 Å². The first kappa shape index (κ1) is 16.1. The number of rotatable bonds is 5. The minimum atomic E-state index is 0.364. The highest BCUT2D eigenvalue weighted by Crippen LogP contribution is 2.28. The van der Waals surface area contributed by atoms with E-state index in [4.69, 9.17) is 27.9 Å². The number of nitrogens with one attached hydrogen (secondary N) is 1. The van der Waals surface area contributed by atoms with Crippen molar-refractivity contribution in [1.29, 1.82) is 0 Å². The first-order valence-corrected chi connectivity index (χ1v) is 7.54. The number of pyridine rings is 1. The fourth-order valence-corrected chi connectivity index (χ4v) is 2.08. The molecule has 0 saturated carbocycles. The van der Waals surface area contributed by atoms with Crippen molar-refractivity contribution in [3.63, 3.8) is 0 Å². The summed E-state index contributed by atoms with van der Waals surface area (Å²) in [5, 5.41) is 4.54. The molecule has 2 rings (SSSR count). The lowest BCUT2D eigenvalue weighted by Crippen LogP contribution is -2.22. The Morgan fingerprint density at radius 2 is 1.95 bits per heavy atom. The van der Waals surface area contributed by atoms with Gasteiger partial charge in [-0.2, -0.15) is 0 Å². The lowest BCUT2D eigenvalue weighted by molar-refractivity contribution is 0.455. The van der Waals surface area contributed by atoms with E-state index in [1.54, 1.807) is 18.2 Å². The van der Waals surface area contributed by atoms with Crippen molar-refractivity contribution in [2.75, 3.05) is 0 Å². The van der Waals surface area contributed by atoms with Gasteiger partial charge in [-0.1, -0.05) is 43.1 Å². The van der Waals surface area contributed by atoms with Gasteiger partial charge in [0.25, 0.3) is 0 Å². The number of benzene rings is 1. The molecule has 0 aliphatic rings. The summed E-state index contributed by atoms with van der Waals surface area (Å²) in [6, 6.07) is 9.43. The Labute approximate surface area is 135 Å². The van der Waals surface area contributed by atoms with Crippen LogP contribution in [-0.4, -0.2) is 11.0 Å². The Balaban J connectivity index is 2.20. The van der Waals surface area contributed by atoms with Crippen LogP contribution in [-0.2, 0) is 6.54 Å². The second kappa shape index (κ2) is 7.12. The molecular formula is C16H18Cl2N2O. The van der Waals surface area contributed by atoms with Gasteiger partial charge in [-0.15, -0.1) is 0 Å². The van der Waals surface area contributed by atoms with Gasteiger partial charge >= 0.3 is 0 Å². The van der Waals surface area contributed by atoms with Gasteiger partial charge in [0, 0.05) is 23.7 Å². The van der Waals surface area contributed by atoms with E-state index < -0.39 is 0 Å². The monoisotopic (exact) mass is 324 g/mol. The highest BCUT2D eigenvalue weighted by Gasteiger charge is 2.08. The first-order chi connectivity index (χ1) is 9.95. The maximum atomic E-state index is 6.16. The molecule has 1 aromatic heterocycles. The molecular weight excluding hydrogens is 307 g/mol. The Morgan fingerprint density at radius 1 is 1.19 bits per heavy atom. The minimum Gasteiger partial charge on any atom is -0.439 e. The van der Waals surface area contributed by atoms with E-state index in [2.05, 4.69) is 24.1 Å². The number of nitrogens with zero attached hydrogens (tertiary/aromatic N) is 1. The third-order valence-electron chi connectivity index (χ3n) is 2.94. The van der Waals surface area contributed by atoms with Crippen molar-refractivity contribution in [3.8, 4) is 11.6 Å². The normalized spacial score (nSPS) is 11.0. The van der Waals surface area contributed by atoms with Crippen LogP contribution in [0.2, 0.25) is 10.0 Å². The molecule has 1 N–H and O–H groups in total. The lowest BCUT2D eigenvalue weighted by Gasteiger charge is -2.12. The molecule has 0 radical (unpaired) electrons. The van der Waals surface area contributed by atoms with Gasteiger partial charge in [-0.25, -0.2) is 4.98 Å². The summed E-state index contributed by atoms with van der Waals surface area (Å²) in [5.74, 6) is 1.20. The molecule has 0 amide bonds. The van der Waals surface area contributed by atoms with Crippen LogP contribution in [0.1, 0.15) is 25.1 Å². The van der Waals surface area contributed by atoms with Crippen LogP contribution < -0.4 is 10.1 Å². The minimum absolute atomic E-state index is 0.364. The molecule has 0 fully saturated rings. The fourth-order valence-electron chi connectivity index (χ4n) is 1.74. The molecule has 112 valence electrons. The van der Waals surface area contributed by atoms with E-state index in [9.17, 15) is 0 Å². The molecule has 3 nitrogen and oxygen atoms in total. The summed E-state index contributed by atoms with van der Waals surface area (Å²) in [5.41, 5.74) is 1.76. The van der Waals surface area contributed by atoms with Gasteiger partial charge in [0.15, 0.2) is 0 Å². The summed E-state index contributed by atoms with van der Waals surface area (Å²) in [7, 11) is 0. The van der Waals surface area contributed by atoms with Gasteiger partial charge < -0.3 is 10.1 Å². The zero-order valence-electron chi connectivity index (χ0n) is 12.3. The first-order valence-electron chi connectivity index (χ1n) is 6.78. The number of hydrogen-bond acceptors (Lipinski definition) is 3. The molecule has 0 spiro atoms. The summed E-state index contributed by atoms with van der Waals surface area (Å²) in [4.78, 5) is 4.45. The van der Waals surface area contributed by atoms with E-state index in [-0.39, 0.29) is 0 Å². The maximum Gasteiger partial charge on any atom is 0.219 e. The maximum absolute atomic E-state index is 6.16. The lowest BCUT2D eigenvalue weighted by atomic mass is 10.2. The number of aromatic nitrogens is 1. The Kier molecular flexibility index (Phi) is 5.45. The topological polar surface area (TPSA) is 34.1 Å². The van der Waals surface area contributed by atoms with E-state index in [1.807, 2.05) is 19.1 Å². The molecule has 1 aromatic carbocycles. The van der Waals surface area contributed by atoms with E-state index in [0.29, 0.717) is 34.3 Å². The van der Waals surface area contributed by atoms with E-state index in [1.165, 1.54) is 0 Å². The van der Waals surface area contributed by atoms with Crippen LogP contribution >= 0.6 is 23.2 Å². The van der Waals surface area contributed by atoms with Crippen LogP contribution in [0.15, 0.2) is 30.3 Å². The molecule has 0 aliphatic carbocycles. The predicted molar refractivity (Wildman–Crippen MR) is 87.5 cm³/mol. The van der Waals surface area contributed by atoms with Gasteiger partial charge in [0.05, 0.1) is 10.7 Å². The molecule has 1 heterocycles. The Morgan fingerprint density at radius 3 is 2.67 bits per heavy atom. The van der Waals surface area contributed by atoms with Gasteiger partial charge in [0.1, 0.15) is 5.75 Å². The highest BCUT2D eigenvalue weighted by atomic mass is 35.5. The van der Waals surface area contributed by atoms with E-state index in [0.717, 1.165) is 11.3 Å². The van der Waals surface area contributed by atoms with Gasteiger partial charge in [-0.05, 0) is 30.7 Å². The molecule has 2 aromatic rings. The summed E-state index contributed by atoms with van der Waals surface area (Å²) >= 11 is 12.2. The smallest absolute Gasteiger partial charge is 0.219 e. The number of halogens is 2. The highest BCUT2D eigenvalue weighted by molar-refractivity contribution is 6.31. The summed E-state index contributed by atoms with van der Waals surface area (Å²) in [6.45, 7) is 6.71.